The van der Waals surface area contributed by atoms with Crippen LogP contribution in [-0.2, 0) is 20.9 Å². The second kappa shape index (κ2) is 5.99. The number of carbonyl (C=O) groups excluding carboxylic acids is 2. The number of hydrogen-bond donors (Lipinski definition) is 0. The molecule has 90 valence electrons. The second-order valence-electron chi connectivity index (χ2n) is 3.96. The molecule has 1 aromatic carbocycles. The van der Waals surface area contributed by atoms with E-state index in [1.165, 1.54) is 6.92 Å². The number of ketones is 1. The molecule has 1 rings (SSSR count). The highest BCUT2D eigenvalue weighted by Crippen LogP contribution is 2.09. The molecule has 0 aliphatic heterocycles. The van der Waals surface area contributed by atoms with E-state index in [9.17, 15) is 9.59 Å². The van der Waals surface area contributed by atoms with Crippen molar-refractivity contribution < 1.29 is 14.3 Å². The molecule has 3 heteroatoms. The molecule has 0 bridgehead atoms. The molecule has 0 saturated heterocycles. The molecule has 1 aromatic rings. The Hall–Kier alpha value is -1.90. The van der Waals surface area contributed by atoms with Crippen molar-refractivity contribution >= 4 is 11.8 Å². The predicted octanol–water partition coefficient (Wildman–Crippen LogP) is 2.51. The normalized spacial score (nSPS) is 11.6. The first-order valence-corrected chi connectivity index (χ1v) is 5.42. The maximum absolute atomic E-state index is 11.6. The molecule has 0 aliphatic carbocycles. The third-order valence-electron chi connectivity index (χ3n) is 2.39. The maximum Gasteiger partial charge on any atom is 0.316 e. The molecule has 0 N–H and O–H groups in total. The minimum Gasteiger partial charge on any atom is -0.460 e. The quantitative estimate of drug-likeness (QED) is 0.445. The van der Waals surface area contributed by atoms with Gasteiger partial charge >= 0.3 is 5.97 Å². The molecule has 0 amide bonds. The Morgan fingerprint density at radius 1 is 1.29 bits per heavy atom. The zero-order chi connectivity index (χ0) is 12.8. The first kappa shape index (κ1) is 13.2. The van der Waals surface area contributed by atoms with Crippen molar-refractivity contribution in [1.82, 2.24) is 0 Å². The van der Waals surface area contributed by atoms with Crippen LogP contribution in [0.1, 0.15) is 19.4 Å². The highest BCUT2D eigenvalue weighted by Gasteiger charge is 2.23. The number of ether oxygens (including phenoxy) is 1. The van der Waals surface area contributed by atoms with Crippen LogP contribution in [0.25, 0.3) is 0 Å². The summed E-state index contributed by atoms with van der Waals surface area (Å²) in [6.45, 7) is 6.83. The molecule has 3 nitrogen and oxygen atoms in total. The van der Waals surface area contributed by atoms with Crippen LogP contribution in [0.4, 0.5) is 0 Å². The number of rotatable bonds is 5. The summed E-state index contributed by atoms with van der Waals surface area (Å²) >= 11 is 0. The van der Waals surface area contributed by atoms with Gasteiger partial charge in [-0.2, -0.15) is 0 Å². The zero-order valence-electron chi connectivity index (χ0n) is 10.1. The van der Waals surface area contributed by atoms with E-state index >= 15 is 0 Å². The van der Waals surface area contributed by atoms with Gasteiger partial charge in [-0.25, -0.2) is 0 Å². The van der Waals surface area contributed by atoms with E-state index in [0.29, 0.717) is 5.57 Å². The summed E-state index contributed by atoms with van der Waals surface area (Å²) in [6.07, 6.45) is 0. The molecule has 1 atom stereocenters. The number of esters is 1. The van der Waals surface area contributed by atoms with Gasteiger partial charge in [0.2, 0.25) is 0 Å². The van der Waals surface area contributed by atoms with Gasteiger partial charge in [0.25, 0.3) is 0 Å². The van der Waals surface area contributed by atoms with Crippen LogP contribution in [0, 0.1) is 5.92 Å². The van der Waals surface area contributed by atoms with E-state index in [2.05, 4.69) is 6.58 Å². The summed E-state index contributed by atoms with van der Waals surface area (Å²) in [6, 6.07) is 9.34. The highest BCUT2D eigenvalue weighted by atomic mass is 16.5. The largest absolute Gasteiger partial charge is 0.460 e. The van der Waals surface area contributed by atoms with Crippen LogP contribution in [0.3, 0.4) is 0 Å². The molecule has 0 spiro atoms. The van der Waals surface area contributed by atoms with Crippen LogP contribution >= 0.6 is 0 Å². The van der Waals surface area contributed by atoms with E-state index in [4.69, 9.17) is 4.74 Å². The van der Waals surface area contributed by atoms with Gasteiger partial charge in [-0.05, 0) is 25.0 Å². The summed E-state index contributed by atoms with van der Waals surface area (Å²) in [4.78, 5) is 23.1. The predicted molar refractivity (Wildman–Crippen MR) is 65.2 cm³/mol. The summed E-state index contributed by atoms with van der Waals surface area (Å²) in [5.41, 5.74) is 1.27. The first-order chi connectivity index (χ1) is 8.02. The Morgan fingerprint density at radius 3 is 2.41 bits per heavy atom. The lowest BCUT2D eigenvalue weighted by Crippen LogP contribution is -2.23. The topological polar surface area (TPSA) is 43.4 Å². The van der Waals surface area contributed by atoms with Gasteiger partial charge in [0, 0.05) is 0 Å². The molecule has 0 heterocycles. The SMILES string of the molecule is C=C(C)C(=O)[C@@H](C)C(=O)OCc1ccccc1. The summed E-state index contributed by atoms with van der Waals surface area (Å²) in [5, 5.41) is 0. The lowest BCUT2D eigenvalue weighted by Gasteiger charge is -2.10. The van der Waals surface area contributed by atoms with Gasteiger partial charge in [-0.15, -0.1) is 0 Å². The minimum atomic E-state index is -0.781. The highest BCUT2D eigenvalue weighted by molar-refractivity contribution is 6.07. The molecule has 0 radical (unpaired) electrons. The molecule has 17 heavy (non-hydrogen) atoms. The van der Waals surface area contributed by atoms with Crippen LogP contribution in [-0.4, -0.2) is 11.8 Å². The molecule has 0 aromatic heterocycles. The lowest BCUT2D eigenvalue weighted by molar-refractivity contribution is -0.151. The fourth-order valence-electron chi connectivity index (χ4n) is 1.33. The van der Waals surface area contributed by atoms with Crippen LogP contribution < -0.4 is 0 Å². The van der Waals surface area contributed by atoms with Crippen molar-refractivity contribution in [3.8, 4) is 0 Å². The Morgan fingerprint density at radius 2 is 1.88 bits per heavy atom. The standard InChI is InChI=1S/C14H16O3/c1-10(2)13(15)11(3)14(16)17-9-12-7-5-4-6-8-12/h4-8,11H,1,9H2,2-3H3/t11-/m1/s1. The van der Waals surface area contributed by atoms with Crippen molar-refractivity contribution in [2.24, 2.45) is 5.92 Å². The second-order valence-corrected chi connectivity index (χ2v) is 3.96. The third kappa shape index (κ3) is 3.87. The fraction of sp³-hybridized carbons (Fsp3) is 0.286. The average molecular weight is 232 g/mol. The smallest absolute Gasteiger partial charge is 0.316 e. The Kier molecular flexibility index (Phi) is 4.64. The van der Waals surface area contributed by atoms with E-state index < -0.39 is 11.9 Å². The fourth-order valence-corrected chi connectivity index (χ4v) is 1.33. The van der Waals surface area contributed by atoms with Gasteiger partial charge in [-0.1, -0.05) is 36.9 Å². The number of benzene rings is 1. The molecule has 0 fully saturated rings. The van der Waals surface area contributed by atoms with E-state index in [0.717, 1.165) is 5.56 Å². The Balaban J connectivity index is 2.50. The van der Waals surface area contributed by atoms with E-state index in [-0.39, 0.29) is 12.4 Å². The van der Waals surface area contributed by atoms with E-state index in [1.807, 2.05) is 30.3 Å². The minimum absolute atomic E-state index is 0.188. The molecule has 0 aliphatic rings. The van der Waals surface area contributed by atoms with Crippen LogP contribution in [0.5, 0.6) is 0 Å². The number of carbonyl (C=O) groups is 2. The number of allylic oxidation sites excluding steroid dienone is 1. The average Bonchev–Trinajstić information content (AvgIpc) is 2.35. The molecule has 0 unspecified atom stereocenters. The molecule has 0 saturated carbocycles. The van der Waals surface area contributed by atoms with Crippen LogP contribution in [0.2, 0.25) is 0 Å². The van der Waals surface area contributed by atoms with Crippen molar-refractivity contribution in [1.29, 1.82) is 0 Å². The first-order valence-electron chi connectivity index (χ1n) is 5.42. The Bertz CT molecular complexity index is 420. The van der Waals surface area contributed by atoms with Gasteiger partial charge in [0.15, 0.2) is 5.78 Å². The lowest BCUT2D eigenvalue weighted by atomic mass is 10.0. The van der Waals surface area contributed by atoms with Gasteiger partial charge in [0.05, 0.1) is 0 Å². The van der Waals surface area contributed by atoms with Gasteiger partial charge in [0.1, 0.15) is 12.5 Å². The summed E-state index contributed by atoms with van der Waals surface area (Å²) in [5.74, 6) is -1.57. The summed E-state index contributed by atoms with van der Waals surface area (Å²) in [7, 11) is 0. The van der Waals surface area contributed by atoms with E-state index in [1.54, 1.807) is 6.92 Å². The number of hydrogen-bond acceptors (Lipinski definition) is 3. The van der Waals surface area contributed by atoms with Gasteiger partial charge < -0.3 is 4.74 Å². The molecular formula is C14H16O3. The number of Topliss-reactive ketones (excluding diaryl/α,β-unsaturated/α-hetero) is 1. The summed E-state index contributed by atoms with van der Waals surface area (Å²) < 4.78 is 5.06. The van der Waals surface area contributed by atoms with Gasteiger partial charge in [-0.3, -0.25) is 9.59 Å². The maximum atomic E-state index is 11.6. The van der Waals surface area contributed by atoms with Crippen molar-refractivity contribution in [2.45, 2.75) is 20.5 Å². The zero-order valence-corrected chi connectivity index (χ0v) is 10.1. The monoisotopic (exact) mass is 232 g/mol. The van der Waals surface area contributed by atoms with Crippen molar-refractivity contribution in [3.05, 3.63) is 48.0 Å². The molecular weight excluding hydrogens is 216 g/mol. The third-order valence-corrected chi connectivity index (χ3v) is 2.39. The van der Waals surface area contributed by atoms with Crippen molar-refractivity contribution in [3.63, 3.8) is 0 Å². The van der Waals surface area contributed by atoms with Crippen molar-refractivity contribution in [2.75, 3.05) is 0 Å². The van der Waals surface area contributed by atoms with Crippen LogP contribution in [0.15, 0.2) is 42.5 Å². The Labute approximate surface area is 101 Å².